The number of carbonyl (C=O) groups is 1. The van der Waals surface area contributed by atoms with Gasteiger partial charge in [-0.25, -0.2) is 0 Å². The topological polar surface area (TPSA) is 67.8 Å². The summed E-state index contributed by atoms with van der Waals surface area (Å²) in [6.07, 6.45) is -0.557. The number of rotatable bonds is 3. The maximum atomic E-state index is 11.6. The molecule has 2 rings (SSSR count). The molecule has 0 bridgehead atoms. The Hall–Kier alpha value is -1.75. The molecule has 2 N–H and O–H groups in total. The average molecular weight is 223 g/mol. The first-order valence-corrected chi connectivity index (χ1v) is 5.03. The monoisotopic (exact) mass is 223 g/mol. The predicted molar refractivity (Wildman–Crippen MR) is 56.6 cm³/mol. The molecule has 16 heavy (non-hydrogen) atoms. The van der Waals surface area contributed by atoms with Crippen LogP contribution in [0.5, 0.6) is 11.5 Å². The Bertz CT molecular complexity index is 403. The largest absolute Gasteiger partial charge is 0.454 e. The van der Waals surface area contributed by atoms with Crippen molar-refractivity contribution in [2.45, 2.75) is 13.0 Å². The fourth-order valence-electron chi connectivity index (χ4n) is 1.38. The van der Waals surface area contributed by atoms with E-state index in [1.807, 2.05) is 0 Å². The molecule has 0 unspecified atom stereocenters. The van der Waals surface area contributed by atoms with Crippen LogP contribution in [0.1, 0.15) is 17.3 Å². The van der Waals surface area contributed by atoms with Crippen molar-refractivity contribution < 1.29 is 19.4 Å². The molecule has 1 atom stereocenters. The van der Waals surface area contributed by atoms with Crippen molar-refractivity contribution in [3.8, 4) is 11.5 Å². The number of carbonyl (C=O) groups excluding carboxylic acids is 1. The molecule has 0 saturated heterocycles. The lowest BCUT2D eigenvalue weighted by Gasteiger charge is -2.07. The van der Waals surface area contributed by atoms with Gasteiger partial charge in [0.2, 0.25) is 6.79 Å². The standard InChI is InChI=1S/C11H13NO4/c1-7(13)5-12-11(14)8-2-3-9-10(4-8)16-6-15-9/h2-4,7,13H,5-6H2,1H3,(H,12,14)/t7-/m0/s1. The molecule has 0 aromatic heterocycles. The number of ether oxygens (including phenoxy) is 2. The van der Waals surface area contributed by atoms with E-state index in [2.05, 4.69) is 5.32 Å². The molecule has 0 aliphatic carbocycles. The number of amides is 1. The Balaban J connectivity index is 2.06. The fourth-order valence-corrected chi connectivity index (χ4v) is 1.38. The molecular weight excluding hydrogens is 210 g/mol. The smallest absolute Gasteiger partial charge is 0.251 e. The number of hydrogen-bond donors (Lipinski definition) is 2. The molecule has 1 amide bonds. The van der Waals surface area contributed by atoms with E-state index < -0.39 is 6.10 Å². The Kier molecular flexibility index (Phi) is 2.96. The minimum Gasteiger partial charge on any atom is -0.454 e. The summed E-state index contributed by atoms with van der Waals surface area (Å²) in [6.45, 7) is 2.03. The first kappa shape index (κ1) is 10.8. The van der Waals surface area contributed by atoms with Gasteiger partial charge in [-0.1, -0.05) is 0 Å². The zero-order chi connectivity index (χ0) is 11.5. The van der Waals surface area contributed by atoms with Crippen molar-refractivity contribution in [1.82, 2.24) is 5.32 Å². The normalized spacial score (nSPS) is 14.6. The van der Waals surface area contributed by atoms with Gasteiger partial charge in [0.15, 0.2) is 11.5 Å². The van der Waals surface area contributed by atoms with Crippen molar-refractivity contribution in [3.05, 3.63) is 23.8 Å². The van der Waals surface area contributed by atoms with E-state index in [-0.39, 0.29) is 19.2 Å². The summed E-state index contributed by atoms with van der Waals surface area (Å²) in [5, 5.41) is 11.6. The van der Waals surface area contributed by atoms with Crippen LogP contribution in [-0.2, 0) is 0 Å². The van der Waals surface area contributed by atoms with Crippen LogP contribution in [0, 0.1) is 0 Å². The molecule has 0 fully saturated rings. The minimum absolute atomic E-state index is 0.189. The zero-order valence-electron chi connectivity index (χ0n) is 8.90. The Labute approximate surface area is 93.0 Å². The second kappa shape index (κ2) is 4.40. The van der Waals surface area contributed by atoms with E-state index in [4.69, 9.17) is 14.6 Å². The van der Waals surface area contributed by atoms with Crippen LogP contribution in [0.2, 0.25) is 0 Å². The van der Waals surface area contributed by atoms with Gasteiger partial charge >= 0.3 is 0 Å². The summed E-state index contributed by atoms with van der Waals surface area (Å²) < 4.78 is 10.3. The number of aliphatic hydroxyl groups is 1. The van der Waals surface area contributed by atoms with Gasteiger partial charge in [0.05, 0.1) is 6.10 Å². The maximum absolute atomic E-state index is 11.6. The van der Waals surface area contributed by atoms with E-state index in [9.17, 15) is 4.79 Å². The first-order chi connectivity index (χ1) is 7.66. The van der Waals surface area contributed by atoms with Crippen molar-refractivity contribution in [1.29, 1.82) is 0 Å². The first-order valence-electron chi connectivity index (χ1n) is 5.03. The van der Waals surface area contributed by atoms with Crippen molar-refractivity contribution in [2.75, 3.05) is 13.3 Å². The van der Waals surface area contributed by atoms with Crippen LogP contribution in [0.3, 0.4) is 0 Å². The molecule has 0 spiro atoms. The zero-order valence-corrected chi connectivity index (χ0v) is 8.90. The SMILES string of the molecule is C[C@H](O)CNC(=O)c1ccc2c(c1)OCO2. The summed E-state index contributed by atoms with van der Waals surface area (Å²) in [7, 11) is 0. The fraction of sp³-hybridized carbons (Fsp3) is 0.364. The van der Waals surface area contributed by atoms with Crippen molar-refractivity contribution >= 4 is 5.91 Å². The van der Waals surface area contributed by atoms with Crippen LogP contribution in [-0.4, -0.2) is 30.5 Å². The second-order valence-electron chi connectivity index (χ2n) is 3.63. The quantitative estimate of drug-likeness (QED) is 0.784. The maximum Gasteiger partial charge on any atom is 0.251 e. The van der Waals surface area contributed by atoms with Gasteiger partial charge in [-0.05, 0) is 25.1 Å². The van der Waals surface area contributed by atoms with Crippen LogP contribution in [0.15, 0.2) is 18.2 Å². The highest BCUT2D eigenvalue weighted by atomic mass is 16.7. The summed E-state index contributed by atoms with van der Waals surface area (Å²) >= 11 is 0. The molecule has 5 heteroatoms. The van der Waals surface area contributed by atoms with Gasteiger partial charge in [0.1, 0.15) is 0 Å². The molecule has 86 valence electrons. The second-order valence-corrected chi connectivity index (χ2v) is 3.63. The summed E-state index contributed by atoms with van der Waals surface area (Å²) in [4.78, 5) is 11.6. The molecule has 1 aliphatic heterocycles. The molecule has 0 saturated carbocycles. The molecule has 1 aromatic rings. The third-order valence-electron chi connectivity index (χ3n) is 2.19. The Morgan fingerprint density at radius 2 is 2.25 bits per heavy atom. The number of aliphatic hydroxyl groups excluding tert-OH is 1. The molecule has 1 heterocycles. The lowest BCUT2D eigenvalue weighted by molar-refractivity contribution is 0.0923. The van der Waals surface area contributed by atoms with Crippen molar-refractivity contribution in [2.24, 2.45) is 0 Å². The van der Waals surface area contributed by atoms with Gasteiger partial charge in [-0.3, -0.25) is 4.79 Å². The van der Waals surface area contributed by atoms with Gasteiger partial charge in [-0.15, -0.1) is 0 Å². The molecule has 1 aliphatic rings. The Morgan fingerprint density at radius 1 is 1.50 bits per heavy atom. The third-order valence-corrected chi connectivity index (χ3v) is 2.19. The van der Waals surface area contributed by atoms with Gasteiger partial charge < -0.3 is 19.9 Å². The van der Waals surface area contributed by atoms with Gasteiger partial charge in [0, 0.05) is 12.1 Å². The number of fused-ring (bicyclic) bond motifs is 1. The predicted octanol–water partition coefficient (Wildman–Crippen LogP) is 0.526. The minimum atomic E-state index is -0.557. The van der Waals surface area contributed by atoms with E-state index in [0.29, 0.717) is 17.1 Å². The highest BCUT2D eigenvalue weighted by molar-refractivity contribution is 5.94. The third kappa shape index (κ3) is 2.25. The van der Waals surface area contributed by atoms with Crippen molar-refractivity contribution in [3.63, 3.8) is 0 Å². The molecule has 0 radical (unpaired) electrons. The van der Waals surface area contributed by atoms with Crippen LogP contribution < -0.4 is 14.8 Å². The van der Waals surface area contributed by atoms with Gasteiger partial charge in [-0.2, -0.15) is 0 Å². The number of benzene rings is 1. The van der Waals surface area contributed by atoms with Crippen LogP contribution >= 0.6 is 0 Å². The molecule has 1 aromatic carbocycles. The summed E-state index contributed by atoms with van der Waals surface area (Å²) in [5.74, 6) is 0.982. The van der Waals surface area contributed by atoms with E-state index in [1.54, 1.807) is 25.1 Å². The van der Waals surface area contributed by atoms with E-state index >= 15 is 0 Å². The molecule has 5 nitrogen and oxygen atoms in total. The van der Waals surface area contributed by atoms with E-state index in [0.717, 1.165) is 0 Å². The lowest BCUT2D eigenvalue weighted by Crippen LogP contribution is -2.30. The Morgan fingerprint density at radius 3 is 3.00 bits per heavy atom. The van der Waals surface area contributed by atoms with E-state index in [1.165, 1.54) is 0 Å². The highest BCUT2D eigenvalue weighted by Gasteiger charge is 2.16. The van der Waals surface area contributed by atoms with Gasteiger partial charge in [0.25, 0.3) is 5.91 Å². The number of nitrogens with one attached hydrogen (secondary N) is 1. The summed E-state index contributed by atoms with van der Waals surface area (Å²) in [6, 6.07) is 4.98. The average Bonchev–Trinajstić information content (AvgIpc) is 2.72. The van der Waals surface area contributed by atoms with Crippen LogP contribution in [0.4, 0.5) is 0 Å². The number of hydrogen-bond acceptors (Lipinski definition) is 4. The summed E-state index contributed by atoms with van der Waals surface area (Å²) in [5.41, 5.74) is 0.491. The lowest BCUT2D eigenvalue weighted by atomic mass is 10.2. The molecular formula is C11H13NO4. The van der Waals surface area contributed by atoms with Crippen LogP contribution in [0.25, 0.3) is 0 Å². The highest BCUT2D eigenvalue weighted by Crippen LogP contribution is 2.32.